The topological polar surface area (TPSA) is 84.9 Å². The third kappa shape index (κ3) is 26.8. The predicted molar refractivity (Wildman–Crippen MR) is 126 cm³/mol. The van der Waals surface area contributed by atoms with E-state index in [1.54, 1.807) is 7.11 Å². The van der Waals surface area contributed by atoms with E-state index in [-0.39, 0.29) is 5.91 Å². The number of amides is 1. The maximum atomic E-state index is 11.7. The minimum Gasteiger partial charge on any atom is -0.481 e. The highest BCUT2D eigenvalue weighted by Crippen LogP contribution is 2.14. The summed E-state index contributed by atoms with van der Waals surface area (Å²) in [5, 5.41) is 11.5. The number of hydrogen-bond acceptors (Lipinski definition) is 4. The van der Waals surface area contributed by atoms with Gasteiger partial charge in [0.1, 0.15) is 0 Å². The second kappa shape index (κ2) is 25.1. The molecule has 0 aromatic heterocycles. The molecule has 1 amide bonds. The molecule has 6 nitrogen and oxygen atoms in total. The Kier molecular flexibility index (Phi) is 24.2. The molecule has 0 fully saturated rings. The molecule has 0 aliphatic carbocycles. The van der Waals surface area contributed by atoms with Crippen LogP contribution in [-0.4, -0.2) is 50.5 Å². The van der Waals surface area contributed by atoms with Crippen LogP contribution in [0.3, 0.4) is 0 Å². The number of carbonyl (C=O) groups is 2. The largest absolute Gasteiger partial charge is 0.481 e. The minimum absolute atomic E-state index is 0.133. The number of methoxy groups -OCH3 is 1. The molecule has 0 unspecified atom stereocenters. The Labute approximate surface area is 190 Å². The highest BCUT2D eigenvalue weighted by molar-refractivity contribution is 5.75. The first kappa shape index (κ1) is 29.9. The van der Waals surface area contributed by atoms with Crippen LogP contribution < -0.4 is 5.32 Å². The average Bonchev–Trinajstić information content (AvgIpc) is 2.75. The Morgan fingerprint density at radius 3 is 1.45 bits per heavy atom. The highest BCUT2D eigenvalue weighted by Gasteiger charge is 2.01. The minimum atomic E-state index is -0.670. The lowest BCUT2D eigenvalue weighted by Gasteiger charge is -2.06. The van der Waals surface area contributed by atoms with Gasteiger partial charge in [0.25, 0.3) is 0 Å². The Bertz CT molecular complexity index is 403. The molecule has 184 valence electrons. The summed E-state index contributed by atoms with van der Waals surface area (Å²) in [6.45, 7) is 2.29. The quantitative estimate of drug-likeness (QED) is 0.172. The molecule has 0 heterocycles. The summed E-state index contributed by atoms with van der Waals surface area (Å²) in [7, 11) is 1.65. The number of unbranched alkanes of at least 4 members (excludes halogenated alkanes) is 15. The summed E-state index contributed by atoms with van der Waals surface area (Å²) < 4.78 is 10.2. The summed E-state index contributed by atoms with van der Waals surface area (Å²) >= 11 is 0. The number of nitrogens with one attached hydrogen (secondary N) is 1. The number of rotatable bonds is 25. The summed E-state index contributed by atoms with van der Waals surface area (Å²) in [5.74, 6) is -0.537. The number of carboxylic acid groups (broad SMARTS) is 1. The van der Waals surface area contributed by atoms with Crippen LogP contribution >= 0.6 is 0 Å². The smallest absolute Gasteiger partial charge is 0.303 e. The fraction of sp³-hybridized carbons (Fsp3) is 0.920. The van der Waals surface area contributed by atoms with Crippen molar-refractivity contribution >= 4 is 11.9 Å². The highest BCUT2D eigenvalue weighted by atomic mass is 16.5. The van der Waals surface area contributed by atoms with Gasteiger partial charge in [-0.05, 0) is 12.8 Å². The normalized spacial score (nSPS) is 11.0. The van der Waals surface area contributed by atoms with E-state index in [0.717, 1.165) is 25.7 Å². The van der Waals surface area contributed by atoms with Crippen molar-refractivity contribution in [3.63, 3.8) is 0 Å². The van der Waals surface area contributed by atoms with Crippen LogP contribution in [-0.2, 0) is 19.1 Å². The molecule has 31 heavy (non-hydrogen) atoms. The van der Waals surface area contributed by atoms with Gasteiger partial charge in [-0.15, -0.1) is 0 Å². The van der Waals surface area contributed by atoms with E-state index in [9.17, 15) is 9.59 Å². The zero-order chi connectivity index (χ0) is 22.8. The Morgan fingerprint density at radius 2 is 1.03 bits per heavy atom. The van der Waals surface area contributed by atoms with Gasteiger partial charge in [-0.2, -0.15) is 0 Å². The Hall–Kier alpha value is -1.14. The number of carbonyl (C=O) groups excluding carboxylic acids is 1. The zero-order valence-electron chi connectivity index (χ0n) is 20.1. The van der Waals surface area contributed by atoms with Gasteiger partial charge in [0, 0.05) is 26.5 Å². The van der Waals surface area contributed by atoms with Gasteiger partial charge in [0.2, 0.25) is 5.91 Å². The van der Waals surface area contributed by atoms with Gasteiger partial charge in [-0.25, -0.2) is 0 Å². The van der Waals surface area contributed by atoms with E-state index in [0.29, 0.717) is 39.2 Å². The van der Waals surface area contributed by atoms with E-state index in [2.05, 4.69) is 5.32 Å². The van der Waals surface area contributed by atoms with Gasteiger partial charge >= 0.3 is 5.97 Å². The molecule has 0 aromatic carbocycles. The standard InChI is InChI=1S/C25H49NO5/c1-30-22-23-31-21-20-26-24(27)18-16-14-12-10-8-6-4-2-3-5-7-9-11-13-15-17-19-25(28)29/h2-23H2,1H3,(H,26,27)(H,28,29). The molecule has 6 heteroatoms. The van der Waals surface area contributed by atoms with Crippen LogP contribution in [0.15, 0.2) is 0 Å². The summed E-state index contributed by atoms with van der Waals surface area (Å²) in [5.41, 5.74) is 0. The van der Waals surface area contributed by atoms with Crippen LogP contribution in [0.25, 0.3) is 0 Å². The summed E-state index contributed by atoms with van der Waals surface area (Å²) in [6.07, 6.45) is 20.6. The molecular formula is C25H49NO5. The number of hydrogen-bond donors (Lipinski definition) is 2. The van der Waals surface area contributed by atoms with Gasteiger partial charge < -0.3 is 19.9 Å². The van der Waals surface area contributed by atoms with Crippen LogP contribution in [0.4, 0.5) is 0 Å². The predicted octanol–water partition coefficient (Wildman–Crippen LogP) is 5.87. The van der Waals surface area contributed by atoms with Crippen molar-refractivity contribution in [2.45, 2.75) is 116 Å². The molecule has 0 saturated carbocycles. The number of ether oxygens (including phenoxy) is 2. The number of aliphatic carboxylic acids is 1. The van der Waals surface area contributed by atoms with E-state index in [1.807, 2.05) is 0 Å². The lowest BCUT2D eigenvalue weighted by atomic mass is 10.0. The third-order valence-corrected chi connectivity index (χ3v) is 5.54. The van der Waals surface area contributed by atoms with Gasteiger partial charge in [-0.3, -0.25) is 9.59 Å². The molecule has 0 aliphatic heterocycles. The van der Waals surface area contributed by atoms with Crippen LogP contribution in [0.5, 0.6) is 0 Å². The van der Waals surface area contributed by atoms with E-state index in [1.165, 1.54) is 77.0 Å². The van der Waals surface area contributed by atoms with Crippen molar-refractivity contribution in [1.82, 2.24) is 5.32 Å². The lowest BCUT2D eigenvalue weighted by Crippen LogP contribution is -2.27. The first-order valence-corrected chi connectivity index (χ1v) is 12.7. The van der Waals surface area contributed by atoms with E-state index < -0.39 is 5.97 Å². The summed E-state index contributed by atoms with van der Waals surface area (Å²) in [4.78, 5) is 22.1. The first-order chi connectivity index (χ1) is 15.2. The van der Waals surface area contributed by atoms with Gasteiger partial charge in [0.05, 0.1) is 19.8 Å². The molecule has 0 bridgehead atoms. The molecule has 0 aliphatic rings. The molecule has 2 N–H and O–H groups in total. The Balaban J connectivity index is 3.12. The second-order valence-corrected chi connectivity index (χ2v) is 8.51. The fourth-order valence-corrected chi connectivity index (χ4v) is 3.63. The van der Waals surface area contributed by atoms with Crippen molar-refractivity contribution in [1.29, 1.82) is 0 Å². The molecule has 0 saturated heterocycles. The SMILES string of the molecule is COCCOCCNC(=O)CCCCCCCCCCCCCCCCCCC(=O)O. The maximum absolute atomic E-state index is 11.7. The van der Waals surface area contributed by atoms with E-state index >= 15 is 0 Å². The monoisotopic (exact) mass is 443 g/mol. The summed E-state index contributed by atoms with van der Waals surface area (Å²) in [6, 6.07) is 0. The maximum Gasteiger partial charge on any atom is 0.303 e. The zero-order valence-corrected chi connectivity index (χ0v) is 20.1. The van der Waals surface area contributed by atoms with E-state index in [4.69, 9.17) is 14.6 Å². The van der Waals surface area contributed by atoms with Crippen molar-refractivity contribution < 1.29 is 24.2 Å². The molecule has 0 aromatic rings. The second-order valence-electron chi connectivity index (χ2n) is 8.51. The van der Waals surface area contributed by atoms with Crippen molar-refractivity contribution in [3.8, 4) is 0 Å². The van der Waals surface area contributed by atoms with Gasteiger partial charge in [0.15, 0.2) is 0 Å². The third-order valence-electron chi connectivity index (χ3n) is 5.54. The lowest BCUT2D eigenvalue weighted by molar-refractivity contribution is -0.137. The molecular weight excluding hydrogens is 394 g/mol. The molecule has 0 atom stereocenters. The van der Waals surface area contributed by atoms with Crippen LogP contribution in [0, 0.1) is 0 Å². The van der Waals surface area contributed by atoms with Crippen LogP contribution in [0.2, 0.25) is 0 Å². The Morgan fingerprint density at radius 1 is 0.613 bits per heavy atom. The van der Waals surface area contributed by atoms with Crippen molar-refractivity contribution in [3.05, 3.63) is 0 Å². The first-order valence-electron chi connectivity index (χ1n) is 12.7. The van der Waals surface area contributed by atoms with Crippen molar-refractivity contribution in [2.24, 2.45) is 0 Å². The molecule has 0 spiro atoms. The number of carboxylic acids is 1. The van der Waals surface area contributed by atoms with Gasteiger partial charge in [-0.1, -0.05) is 89.9 Å². The fourth-order valence-electron chi connectivity index (χ4n) is 3.63. The van der Waals surface area contributed by atoms with Crippen molar-refractivity contribution in [2.75, 3.05) is 33.5 Å². The molecule has 0 rings (SSSR count). The van der Waals surface area contributed by atoms with Crippen LogP contribution in [0.1, 0.15) is 116 Å². The average molecular weight is 444 g/mol. The molecule has 0 radical (unpaired) electrons.